The maximum absolute atomic E-state index is 16.2. The molecule has 3 aromatic rings. The number of nitrogen functional groups attached to an aromatic ring is 1. The first-order valence-electron chi connectivity index (χ1n) is 14.7. The topological polar surface area (TPSA) is 77.2 Å². The molecule has 2 N–H and O–H groups in total. The van der Waals surface area contributed by atoms with Crippen LogP contribution in [0.4, 0.5) is 33.3 Å². The number of halogens is 1. The molecule has 3 fully saturated rings. The number of hydrogen-bond acceptors (Lipinski definition) is 9. The molecule has 9 nitrogen and oxygen atoms in total. The van der Waals surface area contributed by atoms with Crippen molar-refractivity contribution in [3.8, 4) is 0 Å². The van der Waals surface area contributed by atoms with E-state index in [1.165, 1.54) is 22.4 Å². The third kappa shape index (κ3) is 6.04. The van der Waals surface area contributed by atoms with Gasteiger partial charge in [0.1, 0.15) is 0 Å². The summed E-state index contributed by atoms with van der Waals surface area (Å²) in [6.45, 7) is 14.0. The second-order valence-electron chi connectivity index (χ2n) is 11.3. The molecule has 4 heterocycles. The van der Waals surface area contributed by atoms with Gasteiger partial charge in [0.25, 0.3) is 0 Å². The lowest BCUT2D eigenvalue weighted by molar-refractivity contribution is 0.122. The molecule has 3 aliphatic rings. The second kappa shape index (κ2) is 12.1. The molecule has 0 bridgehead atoms. The van der Waals surface area contributed by atoms with Crippen molar-refractivity contribution in [3.05, 3.63) is 65.0 Å². The largest absolute Gasteiger partial charge is 0.399 e. The molecule has 0 aliphatic carbocycles. The molecule has 0 amide bonds. The van der Waals surface area contributed by atoms with Crippen LogP contribution in [0.1, 0.15) is 16.7 Å². The van der Waals surface area contributed by atoms with E-state index in [1.807, 2.05) is 17.0 Å². The van der Waals surface area contributed by atoms with Crippen LogP contribution in [0.25, 0.3) is 0 Å². The highest BCUT2D eigenvalue weighted by Gasteiger charge is 2.29. The van der Waals surface area contributed by atoms with Gasteiger partial charge in [-0.05, 0) is 48.7 Å². The highest BCUT2D eigenvalue weighted by Crippen LogP contribution is 2.31. The third-order valence-corrected chi connectivity index (χ3v) is 8.65. The minimum Gasteiger partial charge on any atom is -0.399 e. The van der Waals surface area contributed by atoms with Gasteiger partial charge in [0.15, 0.2) is 11.6 Å². The number of benzene rings is 2. The quantitative estimate of drug-likeness (QED) is 0.457. The Morgan fingerprint density at radius 1 is 0.732 bits per heavy atom. The second-order valence-corrected chi connectivity index (χ2v) is 11.3. The van der Waals surface area contributed by atoms with Crippen molar-refractivity contribution >= 4 is 29.0 Å². The van der Waals surface area contributed by atoms with Crippen molar-refractivity contribution in [2.75, 3.05) is 104 Å². The Balaban J connectivity index is 1.20. The summed E-state index contributed by atoms with van der Waals surface area (Å²) in [5.41, 5.74) is 11.8. The number of nitrogens with two attached hydrogens (primary N) is 1. The van der Waals surface area contributed by atoms with E-state index in [9.17, 15) is 0 Å². The molecule has 0 atom stereocenters. The summed E-state index contributed by atoms with van der Waals surface area (Å²) in [6, 6.07) is 14.5. The zero-order valence-electron chi connectivity index (χ0n) is 24.2. The van der Waals surface area contributed by atoms with Crippen molar-refractivity contribution in [3.63, 3.8) is 0 Å². The van der Waals surface area contributed by atoms with Crippen molar-refractivity contribution in [2.45, 2.75) is 20.4 Å². The van der Waals surface area contributed by atoms with Crippen LogP contribution in [-0.4, -0.2) is 93.5 Å². The number of rotatable bonds is 6. The van der Waals surface area contributed by atoms with Crippen LogP contribution in [0.3, 0.4) is 0 Å². The van der Waals surface area contributed by atoms with Gasteiger partial charge in [-0.2, -0.15) is 14.4 Å². The van der Waals surface area contributed by atoms with E-state index < -0.39 is 0 Å². The number of ether oxygens (including phenoxy) is 1. The maximum atomic E-state index is 16.2. The Labute approximate surface area is 242 Å². The van der Waals surface area contributed by atoms with E-state index in [2.05, 4.69) is 63.8 Å². The van der Waals surface area contributed by atoms with E-state index in [0.717, 1.165) is 51.5 Å². The average Bonchev–Trinajstić information content (AvgIpc) is 3.01. The number of piperazine rings is 2. The van der Waals surface area contributed by atoms with Gasteiger partial charge >= 0.3 is 0 Å². The normalized spacial score (nSPS) is 18.7. The van der Waals surface area contributed by atoms with E-state index in [1.54, 1.807) is 0 Å². The van der Waals surface area contributed by atoms with Crippen molar-refractivity contribution < 1.29 is 9.13 Å². The molecule has 41 heavy (non-hydrogen) atoms. The van der Waals surface area contributed by atoms with Crippen molar-refractivity contribution in [1.29, 1.82) is 0 Å². The fourth-order valence-electron chi connectivity index (χ4n) is 5.97. The van der Waals surface area contributed by atoms with Crippen LogP contribution in [0.2, 0.25) is 0 Å². The highest BCUT2D eigenvalue weighted by atomic mass is 19.1. The van der Waals surface area contributed by atoms with Gasteiger partial charge in [0, 0.05) is 83.4 Å². The van der Waals surface area contributed by atoms with Gasteiger partial charge in [-0.15, -0.1) is 0 Å². The van der Waals surface area contributed by atoms with Gasteiger partial charge in [0.2, 0.25) is 11.8 Å². The number of nitrogens with zero attached hydrogens (tertiary/aromatic N) is 7. The maximum Gasteiger partial charge on any atom is 0.229 e. The Bertz CT molecular complexity index is 1330. The lowest BCUT2D eigenvalue weighted by Crippen LogP contribution is -2.49. The molecular formula is C31H41FN8O. The van der Waals surface area contributed by atoms with E-state index in [0.29, 0.717) is 57.0 Å². The standard InChI is InChI=1S/C31H41FN8O/c1-23-4-3-5-27(24(23)2)37-14-16-38(17-15-37)29-28(32)30(39-18-20-41-21-19-39)35-31(34-29)40-12-10-36(11-13-40)22-25-6-8-26(33)9-7-25/h3-9H,10-22,33H2,1-2H3. The fourth-order valence-corrected chi connectivity index (χ4v) is 5.97. The zero-order chi connectivity index (χ0) is 28.3. The molecule has 1 aromatic heterocycles. The Hall–Kier alpha value is -3.63. The monoisotopic (exact) mass is 560 g/mol. The molecule has 0 unspecified atom stereocenters. The minimum absolute atomic E-state index is 0.321. The van der Waals surface area contributed by atoms with Gasteiger partial charge in [-0.25, -0.2) is 0 Å². The van der Waals surface area contributed by atoms with Crippen molar-refractivity contribution in [2.24, 2.45) is 0 Å². The summed E-state index contributed by atoms with van der Waals surface area (Å²) in [5.74, 6) is 1.11. The van der Waals surface area contributed by atoms with E-state index in [4.69, 9.17) is 20.4 Å². The van der Waals surface area contributed by atoms with Gasteiger partial charge in [-0.1, -0.05) is 24.3 Å². The molecule has 10 heteroatoms. The predicted octanol–water partition coefficient (Wildman–Crippen LogP) is 3.30. The molecule has 0 radical (unpaired) electrons. The number of aromatic nitrogens is 2. The minimum atomic E-state index is -0.321. The average molecular weight is 561 g/mol. The van der Waals surface area contributed by atoms with Crippen LogP contribution in [0.5, 0.6) is 0 Å². The summed E-state index contributed by atoms with van der Waals surface area (Å²) in [4.78, 5) is 20.9. The van der Waals surface area contributed by atoms with Gasteiger partial charge in [-0.3, -0.25) is 4.90 Å². The molecule has 0 spiro atoms. The number of morpholine rings is 1. The highest BCUT2D eigenvalue weighted by molar-refractivity contribution is 5.60. The van der Waals surface area contributed by atoms with Crippen LogP contribution in [0.15, 0.2) is 42.5 Å². The molecule has 0 saturated carbocycles. The molecule has 6 rings (SSSR count). The fraction of sp³-hybridized carbons (Fsp3) is 0.484. The van der Waals surface area contributed by atoms with Crippen LogP contribution >= 0.6 is 0 Å². The molecule has 2 aromatic carbocycles. The van der Waals surface area contributed by atoms with Gasteiger partial charge in [0.05, 0.1) is 13.2 Å². The smallest absolute Gasteiger partial charge is 0.229 e. The number of anilines is 5. The summed E-state index contributed by atoms with van der Waals surface area (Å²) in [6.07, 6.45) is 0. The summed E-state index contributed by atoms with van der Waals surface area (Å²) in [7, 11) is 0. The summed E-state index contributed by atoms with van der Waals surface area (Å²) in [5, 5.41) is 0. The van der Waals surface area contributed by atoms with Crippen LogP contribution in [0, 0.1) is 19.7 Å². The summed E-state index contributed by atoms with van der Waals surface area (Å²) >= 11 is 0. The third-order valence-electron chi connectivity index (χ3n) is 8.65. The first kappa shape index (κ1) is 27.5. The lowest BCUT2D eigenvalue weighted by atomic mass is 10.1. The molecule has 218 valence electrons. The van der Waals surface area contributed by atoms with Crippen LogP contribution in [-0.2, 0) is 11.3 Å². The van der Waals surface area contributed by atoms with Crippen LogP contribution < -0.4 is 25.3 Å². The first-order valence-corrected chi connectivity index (χ1v) is 14.7. The molecular weight excluding hydrogens is 519 g/mol. The first-order chi connectivity index (χ1) is 20.0. The molecule has 3 saturated heterocycles. The summed E-state index contributed by atoms with van der Waals surface area (Å²) < 4.78 is 21.7. The number of aryl methyl sites for hydroxylation is 1. The van der Waals surface area contributed by atoms with Crippen molar-refractivity contribution in [1.82, 2.24) is 14.9 Å². The SMILES string of the molecule is Cc1cccc(N2CCN(c3nc(N4CCN(Cc5ccc(N)cc5)CC4)nc(N4CCOCC4)c3F)CC2)c1C. The lowest BCUT2D eigenvalue weighted by Gasteiger charge is -2.39. The zero-order valence-corrected chi connectivity index (χ0v) is 24.2. The Kier molecular flexibility index (Phi) is 8.11. The number of hydrogen-bond donors (Lipinski definition) is 1. The van der Waals surface area contributed by atoms with Gasteiger partial charge < -0.3 is 30.1 Å². The van der Waals surface area contributed by atoms with E-state index >= 15 is 4.39 Å². The Morgan fingerprint density at radius 3 is 1.98 bits per heavy atom. The predicted molar refractivity (Wildman–Crippen MR) is 164 cm³/mol. The van der Waals surface area contributed by atoms with E-state index in [-0.39, 0.29) is 5.82 Å². The molecule has 3 aliphatic heterocycles. The Morgan fingerprint density at radius 2 is 1.32 bits per heavy atom.